The lowest BCUT2D eigenvalue weighted by Crippen LogP contribution is -2.13. The largest absolute Gasteiger partial charge is 0.472 e. The monoisotopic (exact) mass is 461 g/mol. The predicted molar refractivity (Wildman–Crippen MR) is 131 cm³/mol. The number of carbonyl (C=O) groups excluding carboxylic acids is 1. The molecule has 1 saturated carbocycles. The van der Waals surface area contributed by atoms with Crippen LogP contribution in [0.1, 0.15) is 12.8 Å². The number of aromatic amines is 2. The smallest absolute Gasteiger partial charge is 0.227 e. The van der Waals surface area contributed by atoms with Crippen LogP contribution in [0, 0.1) is 5.92 Å². The van der Waals surface area contributed by atoms with Gasteiger partial charge < -0.3 is 14.7 Å². The molecule has 0 unspecified atom stereocenters. The highest BCUT2D eigenvalue weighted by Gasteiger charge is 2.29. The number of aromatic nitrogens is 6. The second-order valence-electron chi connectivity index (χ2n) is 8.71. The Kier molecular flexibility index (Phi) is 4.28. The highest BCUT2D eigenvalue weighted by Crippen LogP contribution is 2.34. The molecular weight excluding hydrogens is 442 g/mol. The molecule has 7 rings (SSSR count). The zero-order chi connectivity index (χ0) is 23.4. The van der Waals surface area contributed by atoms with Gasteiger partial charge in [-0.25, -0.2) is 4.98 Å². The molecule has 9 heteroatoms. The highest BCUT2D eigenvalue weighted by molar-refractivity contribution is 5.99. The first-order chi connectivity index (χ1) is 17.2. The second-order valence-corrected chi connectivity index (χ2v) is 8.71. The average Bonchev–Trinajstić information content (AvgIpc) is 3.26. The SMILES string of the molecule is O=C(Nc1cncc(-c2ccc3[nH]nc(-c4cc5c(-c6ccoc6)nccc5[nH]4)c3n2)c1)C1CC1. The van der Waals surface area contributed by atoms with Crippen LogP contribution in [0.3, 0.4) is 0 Å². The van der Waals surface area contributed by atoms with Gasteiger partial charge in [0.05, 0.1) is 47.0 Å². The summed E-state index contributed by atoms with van der Waals surface area (Å²) in [5.74, 6) is 0.176. The van der Waals surface area contributed by atoms with E-state index in [0.29, 0.717) is 11.4 Å². The predicted octanol–water partition coefficient (Wildman–Crippen LogP) is 5.17. The minimum atomic E-state index is 0.0487. The fourth-order valence-electron chi connectivity index (χ4n) is 4.30. The van der Waals surface area contributed by atoms with Crippen molar-refractivity contribution in [1.29, 1.82) is 0 Å². The van der Waals surface area contributed by atoms with E-state index in [9.17, 15) is 4.79 Å². The van der Waals surface area contributed by atoms with Crippen molar-refractivity contribution in [2.75, 3.05) is 5.32 Å². The molecule has 0 atom stereocenters. The Balaban J connectivity index is 1.29. The van der Waals surface area contributed by atoms with Crippen LogP contribution in [0.4, 0.5) is 5.69 Å². The number of pyridine rings is 3. The Morgan fingerprint density at radius 2 is 1.97 bits per heavy atom. The molecule has 0 spiro atoms. The summed E-state index contributed by atoms with van der Waals surface area (Å²) < 4.78 is 5.25. The summed E-state index contributed by atoms with van der Waals surface area (Å²) in [7, 11) is 0. The van der Waals surface area contributed by atoms with Gasteiger partial charge in [0, 0.05) is 40.3 Å². The maximum absolute atomic E-state index is 12.2. The van der Waals surface area contributed by atoms with Crippen LogP contribution in [-0.2, 0) is 4.79 Å². The maximum Gasteiger partial charge on any atom is 0.227 e. The lowest BCUT2D eigenvalue weighted by Gasteiger charge is -2.06. The number of rotatable bonds is 5. The summed E-state index contributed by atoms with van der Waals surface area (Å²) >= 11 is 0. The number of amides is 1. The van der Waals surface area contributed by atoms with Gasteiger partial charge in [0.1, 0.15) is 11.2 Å². The van der Waals surface area contributed by atoms with Crippen LogP contribution < -0.4 is 5.32 Å². The molecule has 0 aliphatic heterocycles. The van der Waals surface area contributed by atoms with E-state index in [1.807, 2.05) is 36.4 Å². The zero-order valence-electron chi connectivity index (χ0n) is 18.4. The summed E-state index contributed by atoms with van der Waals surface area (Å²) in [6.07, 6.45) is 10.4. The number of furan rings is 1. The van der Waals surface area contributed by atoms with E-state index in [-0.39, 0.29) is 11.8 Å². The first-order valence-electron chi connectivity index (χ1n) is 11.3. The number of fused-ring (bicyclic) bond motifs is 2. The number of H-pyrrole nitrogens is 2. The van der Waals surface area contributed by atoms with E-state index in [1.165, 1.54) is 0 Å². The molecule has 0 aromatic carbocycles. The average molecular weight is 461 g/mol. The summed E-state index contributed by atoms with van der Waals surface area (Å²) in [5.41, 5.74) is 8.02. The third kappa shape index (κ3) is 3.45. The molecular formula is C26H19N7O2. The number of nitrogens with one attached hydrogen (secondary N) is 3. The highest BCUT2D eigenvalue weighted by atomic mass is 16.3. The quantitative estimate of drug-likeness (QED) is 0.325. The summed E-state index contributed by atoms with van der Waals surface area (Å²) in [6, 6.07) is 11.6. The Bertz CT molecular complexity index is 1710. The van der Waals surface area contributed by atoms with E-state index in [2.05, 4.69) is 30.5 Å². The van der Waals surface area contributed by atoms with Crippen molar-refractivity contribution >= 4 is 33.5 Å². The van der Waals surface area contributed by atoms with Crippen LogP contribution in [0.25, 0.3) is 55.8 Å². The Morgan fingerprint density at radius 1 is 1.03 bits per heavy atom. The van der Waals surface area contributed by atoms with Crippen molar-refractivity contribution < 1.29 is 9.21 Å². The topological polar surface area (TPSA) is 125 Å². The molecule has 1 aliphatic rings. The maximum atomic E-state index is 12.2. The van der Waals surface area contributed by atoms with Gasteiger partial charge in [0.15, 0.2) is 0 Å². The molecule has 1 amide bonds. The minimum Gasteiger partial charge on any atom is -0.472 e. The van der Waals surface area contributed by atoms with Crippen LogP contribution in [0.2, 0.25) is 0 Å². The zero-order valence-corrected chi connectivity index (χ0v) is 18.4. The Hall–Kier alpha value is -4.79. The minimum absolute atomic E-state index is 0.0487. The number of nitrogens with zero attached hydrogens (tertiary/aromatic N) is 4. The molecule has 0 saturated heterocycles. The van der Waals surface area contributed by atoms with Gasteiger partial charge in [-0.15, -0.1) is 0 Å². The van der Waals surface area contributed by atoms with Gasteiger partial charge >= 0.3 is 0 Å². The van der Waals surface area contributed by atoms with E-state index >= 15 is 0 Å². The molecule has 35 heavy (non-hydrogen) atoms. The van der Waals surface area contributed by atoms with Crippen LogP contribution in [-0.4, -0.2) is 36.0 Å². The standard InChI is InChI=1S/C26H19N7O2/c34-26(14-1-2-14)29-17-9-16(11-27-12-17)19-3-4-21-24(31-19)25(33-32-21)22-10-18-20(30-22)5-7-28-23(18)15-6-8-35-13-15/h3-14,30H,1-2H2,(H,29,34)(H,32,33). The third-order valence-corrected chi connectivity index (χ3v) is 6.26. The van der Waals surface area contributed by atoms with Gasteiger partial charge in [-0.2, -0.15) is 5.10 Å². The molecule has 0 radical (unpaired) electrons. The van der Waals surface area contributed by atoms with Crippen LogP contribution in [0.5, 0.6) is 0 Å². The van der Waals surface area contributed by atoms with Gasteiger partial charge in [-0.1, -0.05) is 0 Å². The lowest BCUT2D eigenvalue weighted by molar-refractivity contribution is -0.117. The summed E-state index contributed by atoms with van der Waals surface area (Å²) in [4.78, 5) is 29.3. The molecule has 3 N–H and O–H groups in total. The summed E-state index contributed by atoms with van der Waals surface area (Å²) in [5, 5.41) is 11.5. The van der Waals surface area contributed by atoms with E-state index < -0.39 is 0 Å². The number of carbonyl (C=O) groups is 1. The molecule has 6 heterocycles. The molecule has 6 aromatic heterocycles. The Morgan fingerprint density at radius 3 is 2.83 bits per heavy atom. The third-order valence-electron chi connectivity index (χ3n) is 6.26. The molecule has 1 fully saturated rings. The lowest BCUT2D eigenvalue weighted by atomic mass is 10.1. The first-order valence-corrected chi connectivity index (χ1v) is 11.3. The van der Waals surface area contributed by atoms with E-state index in [4.69, 9.17) is 9.40 Å². The van der Waals surface area contributed by atoms with Crippen LogP contribution >= 0.6 is 0 Å². The van der Waals surface area contributed by atoms with Crippen molar-refractivity contribution in [2.24, 2.45) is 5.92 Å². The van der Waals surface area contributed by atoms with Crippen molar-refractivity contribution in [2.45, 2.75) is 12.8 Å². The molecule has 170 valence electrons. The van der Waals surface area contributed by atoms with Crippen LogP contribution in [0.15, 0.2) is 71.9 Å². The molecule has 9 nitrogen and oxygen atoms in total. The molecule has 1 aliphatic carbocycles. The number of hydrogen-bond acceptors (Lipinski definition) is 6. The fraction of sp³-hybridized carbons (Fsp3) is 0.115. The number of hydrogen-bond donors (Lipinski definition) is 3. The van der Waals surface area contributed by atoms with Gasteiger partial charge in [0.2, 0.25) is 5.91 Å². The van der Waals surface area contributed by atoms with E-state index in [0.717, 1.165) is 63.0 Å². The van der Waals surface area contributed by atoms with Gasteiger partial charge in [0.25, 0.3) is 0 Å². The van der Waals surface area contributed by atoms with E-state index in [1.54, 1.807) is 31.1 Å². The van der Waals surface area contributed by atoms with Crippen molar-refractivity contribution in [1.82, 2.24) is 30.1 Å². The van der Waals surface area contributed by atoms with Crippen molar-refractivity contribution in [3.63, 3.8) is 0 Å². The van der Waals surface area contributed by atoms with Gasteiger partial charge in [-0.3, -0.25) is 19.9 Å². The second kappa shape index (κ2) is 7.63. The Labute approximate surface area is 198 Å². The molecule has 0 bridgehead atoms. The number of anilines is 1. The van der Waals surface area contributed by atoms with Crippen molar-refractivity contribution in [3.8, 4) is 33.9 Å². The fourth-order valence-corrected chi connectivity index (χ4v) is 4.30. The molecule has 6 aromatic rings. The normalized spacial score (nSPS) is 13.5. The summed E-state index contributed by atoms with van der Waals surface area (Å²) in [6.45, 7) is 0. The van der Waals surface area contributed by atoms with Gasteiger partial charge in [-0.05, 0) is 49.2 Å². The first kappa shape index (κ1) is 19.7. The van der Waals surface area contributed by atoms with Crippen molar-refractivity contribution in [3.05, 3.63) is 67.5 Å².